The van der Waals surface area contributed by atoms with Gasteiger partial charge in [0, 0.05) is 49.8 Å². The maximum Gasteiger partial charge on any atom is 0.226 e. The highest BCUT2D eigenvalue weighted by molar-refractivity contribution is 5.85. The molecule has 0 radical (unpaired) electrons. The van der Waals surface area contributed by atoms with Crippen molar-refractivity contribution in [2.24, 2.45) is 17.6 Å². The molecule has 1 heterocycles. The van der Waals surface area contributed by atoms with E-state index in [0.29, 0.717) is 44.2 Å². The van der Waals surface area contributed by atoms with E-state index in [9.17, 15) is 13.6 Å². The Morgan fingerprint density at radius 1 is 1.18 bits per heavy atom. The van der Waals surface area contributed by atoms with Gasteiger partial charge in [0.15, 0.2) is 0 Å². The largest absolute Gasteiger partial charge is 0.340 e. The fourth-order valence-corrected chi connectivity index (χ4v) is 4.58. The normalized spacial score (nSPS) is 23.6. The van der Waals surface area contributed by atoms with Crippen LogP contribution in [0.4, 0.5) is 8.78 Å². The molecule has 2 fully saturated rings. The van der Waals surface area contributed by atoms with Gasteiger partial charge in [0.05, 0.1) is 0 Å². The minimum atomic E-state index is -0.553. The Labute approximate surface area is 178 Å². The molecule has 1 aromatic rings. The van der Waals surface area contributed by atoms with E-state index in [4.69, 9.17) is 5.73 Å². The topological polar surface area (TPSA) is 49.6 Å². The highest BCUT2D eigenvalue weighted by Crippen LogP contribution is 2.33. The summed E-state index contributed by atoms with van der Waals surface area (Å²) >= 11 is 0. The molecule has 1 aromatic carbocycles. The van der Waals surface area contributed by atoms with Crippen LogP contribution in [0, 0.1) is 23.5 Å². The smallest absolute Gasteiger partial charge is 0.226 e. The van der Waals surface area contributed by atoms with Crippen molar-refractivity contribution in [3.63, 3.8) is 0 Å². The van der Waals surface area contributed by atoms with E-state index in [-0.39, 0.29) is 42.7 Å². The third-order valence-electron chi connectivity index (χ3n) is 6.05. The zero-order valence-corrected chi connectivity index (χ0v) is 17.9. The molecule has 3 atom stereocenters. The van der Waals surface area contributed by atoms with Crippen molar-refractivity contribution < 1.29 is 13.6 Å². The number of rotatable bonds is 5. The van der Waals surface area contributed by atoms with Gasteiger partial charge in [-0.25, -0.2) is 8.78 Å². The van der Waals surface area contributed by atoms with Crippen LogP contribution in [0.5, 0.6) is 0 Å². The second-order valence-electron chi connectivity index (χ2n) is 7.48. The quantitative estimate of drug-likeness (QED) is 0.762. The monoisotopic (exact) mass is 437 g/mol. The van der Waals surface area contributed by atoms with Crippen LogP contribution in [-0.4, -0.2) is 48.4 Å². The molecule has 3 rings (SSSR count). The van der Waals surface area contributed by atoms with Crippen LogP contribution < -0.4 is 5.73 Å². The van der Waals surface area contributed by atoms with Crippen LogP contribution in [0.25, 0.3) is 0 Å². The number of amides is 1. The van der Waals surface area contributed by atoms with Crippen molar-refractivity contribution in [3.05, 3.63) is 35.4 Å². The summed E-state index contributed by atoms with van der Waals surface area (Å²) in [6.45, 7) is 5.33. The van der Waals surface area contributed by atoms with E-state index in [2.05, 4.69) is 4.90 Å². The maximum absolute atomic E-state index is 14.2. The summed E-state index contributed by atoms with van der Waals surface area (Å²) in [5, 5.41) is 0. The van der Waals surface area contributed by atoms with Crippen LogP contribution in [0.3, 0.4) is 0 Å². The van der Waals surface area contributed by atoms with E-state index in [1.807, 2.05) is 11.8 Å². The van der Waals surface area contributed by atoms with Gasteiger partial charge in [-0.2, -0.15) is 0 Å². The number of carbonyl (C=O) groups excluding carboxylic acids is 1. The van der Waals surface area contributed by atoms with Crippen LogP contribution in [0.1, 0.15) is 44.2 Å². The SMILES string of the molecule is CCC(c1ccc(F)cc1F)N1CCN(C(=O)[C@@H]2CCC[C@@H]2CN)CC1.Cl.Cl. The standard InChI is InChI=1S/C20H29F2N3O.2ClH/c1-2-19(17-7-6-15(21)12-18(17)22)24-8-10-25(11-9-24)20(26)16-5-3-4-14(16)13-23;;/h6-7,12,14,16,19H,2-5,8-11,13,23H2,1H3;2*1H/t14-,16-,19?;;/m1../s1. The first-order valence-electron chi connectivity index (χ1n) is 9.73. The number of halogens is 4. The van der Waals surface area contributed by atoms with Gasteiger partial charge in [0.1, 0.15) is 11.6 Å². The average molecular weight is 438 g/mol. The van der Waals surface area contributed by atoms with Crippen molar-refractivity contribution in [2.75, 3.05) is 32.7 Å². The molecular formula is C20H31Cl2F2N3O. The highest BCUT2D eigenvalue weighted by atomic mass is 35.5. The number of carbonyl (C=O) groups is 1. The Hall–Kier alpha value is -0.950. The summed E-state index contributed by atoms with van der Waals surface area (Å²) in [6, 6.07) is 3.72. The summed E-state index contributed by atoms with van der Waals surface area (Å²) in [5.41, 5.74) is 6.35. The molecular weight excluding hydrogens is 407 g/mol. The number of hydrogen-bond donors (Lipinski definition) is 1. The molecule has 1 saturated carbocycles. The summed E-state index contributed by atoms with van der Waals surface area (Å²) in [7, 11) is 0. The van der Waals surface area contributed by atoms with E-state index < -0.39 is 11.6 Å². The minimum absolute atomic E-state index is 0. The Balaban J connectivity index is 0.00000196. The number of piperazine rings is 1. The maximum atomic E-state index is 14.2. The lowest BCUT2D eigenvalue weighted by molar-refractivity contribution is -0.138. The van der Waals surface area contributed by atoms with E-state index in [1.54, 1.807) is 6.07 Å². The van der Waals surface area contributed by atoms with Gasteiger partial charge in [-0.3, -0.25) is 9.69 Å². The molecule has 4 nitrogen and oxygen atoms in total. The molecule has 2 aliphatic rings. The van der Waals surface area contributed by atoms with Crippen molar-refractivity contribution in [2.45, 2.75) is 38.6 Å². The minimum Gasteiger partial charge on any atom is -0.340 e. The number of nitrogens with two attached hydrogens (primary N) is 1. The molecule has 1 aliphatic carbocycles. The van der Waals surface area contributed by atoms with Crippen molar-refractivity contribution >= 4 is 30.7 Å². The fraction of sp³-hybridized carbons (Fsp3) is 0.650. The van der Waals surface area contributed by atoms with Crippen molar-refractivity contribution in [1.82, 2.24) is 9.80 Å². The summed E-state index contributed by atoms with van der Waals surface area (Å²) < 4.78 is 27.4. The predicted octanol–water partition coefficient (Wildman–Crippen LogP) is 3.78. The zero-order chi connectivity index (χ0) is 18.7. The first kappa shape index (κ1) is 25.1. The Kier molecular flexibility index (Phi) is 10.1. The lowest BCUT2D eigenvalue weighted by atomic mass is 9.94. The van der Waals surface area contributed by atoms with E-state index >= 15 is 0 Å². The number of benzene rings is 1. The highest BCUT2D eigenvalue weighted by Gasteiger charge is 2.36. The lowest BCUT2D eigenvalue weighted by Crippen LogP contribution is -2.51. The number of nitrogens with zero attached hydrogens (tertiary/aromatic N) is 2. The molecule has 0 spiro atoms. The van der Waals surface area contributed by atoms with Crippen LogP contribution in [-0.2, 0) is 4.79 Å². The first-order chi connectivity index (χ1) is 12.5. The fourth-order valence-electron chi connectivity index (χ4n) is 4.58. The third kappa shape index (κ3) is 5.35. The Bertz CT molecular complexity index is 642. The average Bonchev–Trinajstić information content (AvgIpc) is 3.12. The summed E-state index contributed by atoms with van der Waals surface area (Å²) in [6.07, 6.45) is 3.82. The van der Waals surface area contributed by atoms with Gasteiger partial charge in [0.2, 0.25) is 5.91 Å². The molecule has 1 aliphatic heterocycles. The molecule has 0 bridgehead atoms. The first-order valence-corrected chi connectivity index (χ1v) is 9.73. The zero-order valence-electron chi connectivity index (χ0n) is 16.3. The van der Waals surface area contributed by atoms with Gasteiger partial charge in [-0.05, 0) is 37.8 Å². The van der Waals surface area contributed by atoms with Gasteiger partial charge in [0.25, 0.3) is 0 Å². The summed E-state index contributed by atoms with van der Waals surface area (Å²) in [5.74, 6) is -0.423. The van der Waals surface area contributed by atoms with Gasteiger partial charge < -0.3 is 10.6 Å². The predicted molar refractivity (Wildman–Crippen MR) is 112 cm³/mol. The van der Waals surface area contributed by atoms with Crippen LogP contribution in [0.2, 0.25) is 0 Å². The third-order valence-corrected chi connectivity index (χ3v) is 6.05. The molecule has 1 amide bonds. The summed E-state index contributed by atoms with van der Waals surface area (Å²) in [4.78, 5) is 17.0. The van der Waals surface area contributed by atoms with Gasteiger partial charge in [-0.1, -0.05) is 19.4 Å². The Morgan fingerprint density at radius 3 is 2.43 bits per heavy atom. The van der Waals surface area contributed by atoms with Gasteiger partial charge in [-0.15, -0.1) is 24.8 Å². The molecule has 2 N–H and O–H groups in total. The molecule has 0 aromatic heterocycles. The molecule has 1 unspecified atom stereocenters. The number of hydrogen-bond acceptors (Lipinski definition) is 3. The van der Waals surface area contributed by atoms with Gasteiger partial charge >= 0.3 is 0 Å². The molecule has 1 saturated heterocycles. The van der Waals surface area contributed by atoms with Crippen LogP contribution >= 0.6 is 24.8 Å². The van der Waals surface area contributed by atoms with Crippen molar-refractivity contribution in [3.8, 4) is 0 Å². The Morgan fingerprint density at radius 2 is 1.86 bits per heavy atom. The molecule has 8 heteroatoms. The van der Waals surface area contributed by atoms with E-state index in [0.717, 1.165) is 31.7 Å². The molecule has 160 valence electrons. The molecule has 28 heavy (non-hydrogen) atoms. The van der Waals surface area contributed by atoms with E-state index in [1.165, 1.54) is 6.07 Å². The van der Waals surface area contributed by atoms with Crippen LogP contribution in [0.15, 0.2) is 18.2 Å². The second kappa shape index (κ2) is 11.3. The lowest BCUT2D eigenvalue weighted by Gasteiger charge is -2.40. The second-order valence-corrected chi connectivity index (χ2v) is 7.48. The van der Waals surface area contributed by atoms with Crippen molar-refractivity contribution in [1.29, 1.82) is 0 Å².